The molecule has 1 aromatic carbocycles. The number of methoxy groups -OCH3 is 1. The predicted octanol–water partition coefficient (Wildman–Crippen LogP) is 1.57. The summed E-state index contributed by atoms with van der Waals surface area (Å²) in [7, 11) is -2.11. The first-order chi connectivity index (χ1) is 9.44. The van der Waals surface area contributed by atoms with Crippen LogP contribution in [0.2, 0.25) is 0 Å². The summed E-state index contributed by atoms with van der Waals surface area (Å²) in [5.41, 5.74) is 6.37. The molecule has 0 aliphatic heterocycles. The quantitative estimate of drug-likeness (QED) is 0.760. The molecule has 0 aliphatic carbocycles. The summed E-state index contributed by atoms with van der Waals surface area (Å²) in [5.74, 6) is 0.318. The maximum absolute atomic E-state index is 12.3. The van der Waals surface area contributed by atoms with Crippen LogP contribution in [0.25, 0.3) is 0 Å². The first-order valence-corrected chi connectivity index (χ1v) is 9.11. The topological polar surface area (TPSA) is 81.4 Å². The Morgan fingerprint density at radius 1 is 1.45 bits per heavy atom. The van der Waals surface area contributed by atoms with Crippen molar-refractivity contribution in [3.8, 4) is 5.75 Å². The number of hydrogen-bond acceptors (Lipinski definition) is 5. The van der Waals surface area contributed by atoms with Crippen LogP contribution in [0, 0.1) is 0 Å². The van der Waals surface area contributed by atoms with Gasteiger partial charge in [-0.25, -0.2) is 13.1 Å². The fourth-order valence-corrected chi connectivity index (χ4v) is 3.20. The van der Waals surface area contributed by atoms with Crippen molar-refractivity contribution in [1.82, 2.24) is 4.72 Å². The molecule has 0 spiro atoms. The molecule has 3 N–H and O–H groups in total. The summed E-state index contributed by atoms with van der Waals surface area (Å²) in [5, 5.41) is 0.416. The van der Waals surface area contributed by atoms with E-state index in [0.717, 1.165) is 12.0 Å². The van der Waals surface area contributed by atoms with E-state index in [0.29, 0.717) is 24.1 Å². The van der Waals surface area contributed by atoms with E-state index in [2.05, 4.69) is 11.6 Å². The first kappa shape index (κ1) is 17.3. The van der Waals surface area contributed by atoms with Crippen molar-refractivity contribution in [2.45, 2.75) is 30.0 Å². The van der Waals surface area contributed by atoms with Crippen molar-refractivity contribution < 1.29 is 13.2 Å². The smallest absolute Gasteiger partial charge is 0.244 e. The number of ether oxygens (including phenoxy) is 1. The Bertz CT molecular complexity index is 532. The molecule has 0 aromatic heterocycles. The third-order valence-corrected chi connectivity index (χ3v) is 5.54. The standard InChI is InChI=1S/C13H22N2O3S2/c1-10(19-3)6-7-15-20(16,17)13-5-4-11(9-14)8-12(13)18-2/h4-5,8,10,15H,6-7,9,14H2,1-3H3. The molecule has 0 heterocycles. The molecule has 5 nitrogen and oxygen atoms in total. The highest BCUT2D eigenvalue weighted by molar-refractivity contribution is 7.99. The zero-order valence-corrected chi connectivity index (χ0v) is 13.7. The van der Waals surface area contributed by atoms with Gasteiger partial charge in [0.25, 0.3) is 0 Å². The first-order valence-electron chi connectivity index (χ1n) is 6.34. The number of nitrogens with two attached hydrogens (primary N) is 1. The molecule has 0 fully saturated rings. The number of nitrogens with one attached hydrogen (secondary N) is 1. The summed E-state index contributed by atoms with van der Waals surface area (Å²) in [6.07, 6.45) is 2.79. The second kappa shape index (κ2) is 7.87. The summed E-state index contributed by atoms with van der Waals surface area (Å²) in [6.45, 7) is 2.82. The number of benzene rings is 1. The SMILES string of the molecule is COc1cc(CN)ccc1S(=O)(=O)NCCC(C)SC. The van der Waals surface area contributed by atoms with E-state index in [4.69, 9.17) is 10.5 Å². The molecule has 1 aromatic rings. The third kappa shape index (κ3) is 4.66. The van der Waals surface area contributed by atoms with Gasteiger partial charge in [0.15, 0.2) is 0 Å². The van der Waals surface area contributed by atoms with Crippen LogP contribution in [0.15, 0.2) is 23.1 Å². The lowest BCUT2D eigenvalue weighted by atomic mass is 10.2. The van der Waals surface area contributed by atoms with E-state index in [1.807, 2.05) is 6.26 Å². The zero-order chi connectivity index (χ0) is 15.2. The third-order valence-electron chi connectivity index (χ3n) is 3.00. The minimum Gasteiger partial charge on any atom is -0.495 e. The Labute approximate surface area is 125 Å². The van der Waals surface area contributed by atoms with Gasteiger partial charge in [0.2, 0.25) is 10.0 Å². The molecule has 0 radical (unpaired) electrons. The fourth-order valence-electron chi connectivity index (χ4n) is 1.65. The Morgan fingerprint density at radius 2 is 2.15 bits per heavy atom. The fraction of sp³-hybridized carbons (Fsp3) is 0.538. The highest BCUT2D eigenvalue weighted by atomic mass is 32.2. The van der Waals surface area contributed by atoms with Crippen LogP contribution in [-0.2, 0) is 16.6 Å². The number of rotatable bonds is 8. The van der Waals surface area contributed by atoms with E-state index in [-0.39, 0.29) is 4.90 Å². The van der Waals surface area contributed by atoms with Crippen LogP contribution in [0.5, 0.6) is 5.75 Å². The van der Waals surface area contributed by atoms with Crippen molar-refractivity contribution in [2.24, 2.45) is 5.73 Å². The zero-order valence-electron chi connectivity index (χ0n) is 12.0. The average molecular weight is 318 g/mol. The van der Waals surface area contributed by atoms with E-state index < -0.39 is 10.0 Å². The second-order valence-corrected chi connectivity index (χ2v) is 7.43. The molecule has 1 unspecified atom stereocenters. The Kier molecular flexibility index (Phi) is 6.81. The van der Waals surface area contributed by atoms with Crippen molar-refractivity contribution in [3.05, 3.63) is 23.8 Å². The summed E-state index contributed by atoms with van der Waals surface area (Å²) in [6, 6.07) is 4.88. The van der Waals surface area contributed by atoms with Crippen LogP contribution in [-0.4, -0.2) is 33.6 Å². The molecule has 0 saturated carbocycles. The summed E-state index contributed by atoms with van der Waals surface area (Å²) >= 11 is 1.71. The van der Waals surface area contributed by atoms with E-state index in [9.17, 15) is 8.42 Å². The maximum atomic E-state index is 12.3. The highest BCUT2D eigenvalue weighted by Crippen LogP contribution is 2.24. The van der Waals surface area contributed by atoms with Crippen LogP contribution < -0.4 is 15.2 Å². The Balaban J connectivity index is 2.86. The molecular formula is C13H22N2O3S2. The average Bonchev–Trinajstić information content (AvgIpc) is 2.45. The lowest BCUT2D eigenvalue weighted by molar-refractivity contribution is 0.401. The molecule has 1 rings (SSSR count). The van der Waals surface area contributed by atoms with Crippen LogP contribution in [0.1, 0.15) is 18.9 Å². The van der Waals surface area contributed by atoms with Gasteiger partial charge in [0.05, 0.1) is 7.11 Å². The van der Waals surface area contributed by atoms with Gasteiger partial charge in [-0.15, -0.1) is 0 Å². The Hall–Kier alpha value is -0.760. The largest absolute Gasteiger partial charge is 0.495 e. The molecule has 0 aliphatic rings. The monoisotopic (exact) mass is 318 g/mol. The van der Waals surface area contributed by atoms with Gasteiger partial charge in [0.1, 0.15) is 10.6 Å². The predicted molar refractivity (Wildman–Crippen MR) is 83.7 cm³/mol. The van der Waals surface area contributed by atoms with E-state index >= 15 is 0 Å². The van der Waals surface area contributed by atoms with E-state index in [1.54, 1.807) is 23.9 Å². The lowest BCUT2D eigenvalue weighted by Crippen LogP contribution is -2.26. The van der Waals surface area contributed by atoms with Gasteiger partial charge in [-0.1, -0.05) is 13.0 Å². The van der Waals surface area contributed by atoms with Crippen molar-refractivity contribution in [1.29, 1.82) is 0 Å². The van der Waals surface area contributed by atoms with Crippen molar-refractivity contribution in [2.75, 3.05) is 19.9 Å². The van der Waals surface area contributed by atoms with Crippen molar-refractivity contribution >= 4 is 21.8 Å². The molecule has 0 saturated heterocycles. The normalized spacial score (nSPS) is 13.2. The summed E-state index contributed by atoms with van der Waals surface area (Å²) < 4.78 is 32.2. The minimum atomic E-state index is -3.56. The van der Waals surface area contributed by atoms with Gasteiger partial charge in [-0.3, -0.25) is 0 Å². The molecule has 7 heteroatoms. The minimum absolute atomic E-state index is 0.147. The number of thioether (sulfide) groups is 1. The van der Waals surface area contributed by atoms with Gasteiger partial charge >= 0.3 is 0 Å². The molecule has 114 valence electrons. The van der Waals surface area contributed by atoms with Crippen molar-refractivity contribution in [3.63, 3.8) is 0 Å². The van der Waals surface area contributed by atoms with Gasteiger partial charge in [-0.05, 0) is 30.4 Å². The Morgan fingerprint density at radius 3 is 2.70 bits per heavy atom. The molecule has 20 heavy (non-hydrogen) atoms. The second-order valence-electron chi connectivity index (χ2n) is 4.42. The van der Waals surface area contributed by atoms with Crippen LogP contribution >= 0.6 is 11.8 Å². The molecular weight excluding hydrogens is 296 g/mol. The summed E-state index contributed by atoms with van der Waals surface area (Å²) in [4.78, 5) is 0.147. The van der Waals surface area contributed by atoms with Crippen LogP contribution in [0.3, 0.4) is 0 Å². The van der Waals surface area contributed by atoms with Gasteiger partial charge < -0.3 is 10.5 Å². The maximum Gasteiger partial charge on any atom is 0.244 e. The number of sulfonamides is 1. The molecule has 0 amide bonds. The molecule has 0 bridgehead atoms. The lowest BCUT2D eigenvalue weighted by Gasteiger charge is -2.13. The van der Waals surface area contributed by atoms with Gasteiger partial charge in [0, 0.05) is 18.3 Å². The van der Waals surface area contributed by atoms with Gasteiger partial charge in [-0.2, -0.15) is 11.8 Å². The number of hydrogen-bond donors (Lipinski definition) is 2. The molecule has 1 atom stereocenters. The van der Waals surface area contributed by atoms with E-state index in [1.165, 1.54) is 13.2 Å². The highest BCUT2D eigenvalue weighted by Gasteiger charge is 2.19. The van der Waals surface area contributed by atoms with Crippen LogP contribution in [0.4, 0.5) is 0 Å².